The molecule has 0 N–H and O–H groups in total. The number of hydrogen-bond acceptors (Lipinski definition) is 6. The smallest absolute Gasteiger partial charge is 0.347 e. The van der Waals surface area contributed by atoms with Gasteiger partial charge in [-0.1, -0.05) is 5.16 Å². The van der Waals surface area contributed by atoms with E-state index in [1.54, 1.807) is 36.3 Å². The van der Waals surface area contributed by atoms with Crippen LogP contribution in [0.25, 0.3) is 0 Å². The lowest BCUT2D eigenvalue weighted by Gasteiger charge is -2.30. The molecule has 0 aliphatic carbocycles. The SMILES string of the molecule is COc1ccc(/C=N\OCC(=O)OCC(=O)N(C(C)C)C(C)C)cc1. The van der Waals surface area contributed by atoms with Crippen LogP contribution in [0.1, 0.15) is 33.3 Å². The van der Waals surface area contributed by atoms with Crippen LogP contribution in [0.3, 0.4) is 0 Å². The first-order chi connectivity index (χ1) is 11.8. The Morgan fingerprint density at radius 3 is 2.20 bits per heavy atom. The molecule has 0 radical (unpaired) electrons. The molecule has 0 saturated heterocycles. The van der Waals surface area contributed by atoms with Gasteiger partial charge < -0.3 is 19.2 Å². The Balaban J connectivity index is 2.34. The Labute approximate surface area is 148 Å². The van der Waals surface area contributed by atoms with E-state index in [2.05, 4.69) is 5.16 Å². The molecule has 0 heterocycles. The highest BCUT2D eigenvalue weighted by atomic mass is 16.7. The molecule has 0 bridgehead atoms. The molecule has 0 saturated carbocycles. The van der Waals surface area contributed by atoms with Crippen LogP contribution in [0, 0.1) is 0 Å². The highest BCUT2D eigenvalue weighted by molar-refractivity contribution is 5.81. The predicted molar refractivity (Wildman–Crippen MR) is 94.6 cm³/mol. The summed E-state index contributed by atoms with van der Waals surface area (Å²) in [6.45, 7) is 6.99. The number of methoxy groups -OCH3 is 1. The van der Waals surface area contributed by atoms with Crippen LogP contribution < -0.4 is 4.74 Å². The maximum absolute atomic E-state index is 12.1. The van der Waals surface area contributed by atoms with Crippen molar-refractivity contribution in [2.75, 3.05) is 20.3 Å². The Hall–Kier alpha value is -2.57. The lowest BCUT2D eigenvalue weighted by molar-refractivity contribution is -0.157. The molecule has 1 aromatic carbocycles. The standard InChI is InChI=1S/C18H26N2O5/c1-13(2)20(14(3)4)17(21)11-24-18(22)12-25-19-10-15-6-8-16(23-5)9-7-15/h6-10,13-14H,11-12H2,1-5H3/b19-10-. The molecule has 1 aromatic rings. The van der Waals surface area contributed by atoms with Gasteiger partial charge in [-0.15, -0.1) is 0 Å². The van der Waals surface area contributed by atoms with Crippen LogP contribution in [0.5, 0.6) is 5.75 Å². The Morgan fingerprint density at radius 2 is 1.68 bits per heavy atom. The average Bonchev–Trinajstić information content (AvgIpc) is 2.56. The third-order valence-electron chi connectivity index (χ3n) is 3.33. The molecule has 25 heavy (non-hydrogen) atoms. The maximum Gasteiger partial charge on any atom is 0.347 e. The first-order valence-corrected chi connectivity index (χ1v) is 8.11. The number of carbonyl (C=O) groups excluding carboxylic acids is 2. The number of oxime groups is 1. The summed E-state index contributed by atoms with van der Waals surface area (Å²) in [6.07, 6.45) is 1.47. The van der Waals surface area contributed by atoms with E-state index in [0.717, 1.165) is 11.3 Å². The van der Waals surface area contributed by atoms with Crippen molar-refractivity contribution in [2.45, 2.75) is 39.8 Å². The van der Waals surface area contributed by atoms with E-state index < -0.39 is 5.97 Å². The Bertz CT molecular complexity index is 574. The number of amides is 1. The van der Waals surface area contributed by atoms with Gasteiger partial charge in [-0.2, -0.15) is 0 Å². The molecule has 0 aliphatic rings. The van der Waals surface area contributed by atoms with Gasteiger partial charge in [0, 0.05) is 12.1 Å². The summed E-state index contributed by atoms with van der Waals surface area (Å²) in [6, 6.07) is 7.25. The van der Waals surface area contributed by atoms with Crippen LogP contribution in [0.15, 0.2) is 29.4 Å². The highest BCUT2D eigenvalue weighted by Gasteiger charge is 2.21. The average molecular weight is 350 g/mol. The molecule has 0 aliphatic heterocycles. The van der Waals surface area contributed by atoms with Crippen molar-refractivity contribution in [3.8, 4) is 5.75 Å². The fourth-order valence-corrected chi connectivity index (χ4v) is 2.31. The molecule has 0 atom stereocenters. The highest BCUT2D eigenvalue weighted by Crippen LogP contribution is 2.09. The molecule has 1 rings (SSSR count). The summed E-state index contributed by atoms with van der Waals surface area (Å²) < 4.78 is 9.97. The first kappa shape index (κ1) is 20.5. The second-order valence-corrected chi connectivity index (χ2v) is 5.93. The summed E-state index contributed by atoms with van der Waals surface area (Å²) in [4.78, 5) is 30.2. The summed E-state index contributed by atoms with van der Waals surface area (Å²) in [5.41, 5.74) is 0.800. The van der Waals surface area contributed by atoms with Gasteiger partial charge in [-0.25, -0.2) is 4.79 Å². The topological polar surface area (TPSA) is 77.4 Å². The number of esters is 1. The molecule has 0 spiro atoms. The van der Waals surface area contributed by atoms with Gasteiger partial charge >= 0.3 is 5.97 Å². The van der Waals surface area contributed by atoms with Gasteiger partial charge in [0.15, 0.2) is 6.61 Å². The minimum absolute atomic E-state index is 0.0385. The van der Waals surface area contributed by atoms with Crippen molar-refractivity contribution >= 4 is 18.1 Å². The molecular weight excluding hydrogens is 324 g/mol. The molecule has 1 amide bonds. The van der Waals surface area contributed by atoms with E-state index in [-0.39, 0.29) is 31.2 Å². The molecule has 7 heteroatoms. The van der Waals surface area contributed by atoms with Crippen molar-refractivity contribution in [3.05, 3.63) is 29.8 Å². The summed E-state index contributed by atoms with van der Waals surface area (Å²) in [5, 5.41) is 3.69. The third-order valence-corrected chi connectivity index (χ3v) is 3.33. The second-order valence-electron chi connectivity index (χ2n) is 5.93. The van der Waals surface area contributed by atoms with Crippen LogP contribution in [0.4, 0.5) is 0 Å². The predicted octanol–water partition coefficient (Wildman–Crippen LogP) is 2.23. The summed E-state index contributed by atoms with van der Waals surface area (Å²) in [5.74, 6) is -0.143. The molecular formula is C18H26N2O5. The third kappa shape index (κ3) is 7.24. The van der Waals surface area contributed by atoms with Gasteiger partial charge in [0.2, 0.25) is 6.61 Å². The van der Waals surface area contributed by atoms with Crippen molar-refractivity contribution < 1.29 is 23.9 Å². The van der Waals surface area contributed by atoms with E-state index in [9.17, 15) is 9.59 Å². The van der Waals surface area contributed by atoms with Crippen LogP contribution in [-0.2, 0) is 19.2 Å². The fraction of sp³-hybridized carbons (Fsp3) is 0.500. The number of rotatable bonds is 9. The Morgan fingerprint density at radius 1 is 1.08 bits per heavy atom. The van der Waals surface area contributed by atoms with E-state index in [4.69, 9.17) is 14.3 Å². The van der Waals surface area contributed by atoms with Crippen molar-refractivity contribution in [3.63, 3.8) is 0 Å². The number of carbonyl (C=O) groups is 2. The summed E-state index contributed by atoms with van der Waals surface area (Å²) in [7, 11) is 1.59. The van der Waals surface area contributed by atoms with Gasteiger partial charge in [0.05, 0.1) is 13.3 Å². The molecule has 0 fully saturated rings. The van der Waals surface area contributed by atoms with Gasteiger partial charge in [-0.3, -0.25) is 4.79 Å². The summed E-state index contributed by atoms with van der Waals surface area (Å²) >= 11 is 0. The van der Waals surface area contributed by atoms with Crippen molar-refractivity contribution in [1.29, 1.82) is 0 Å². The first-order valence-electron chi connectivity index (χ1n) is 8.11. The number of ether oxygens (including phenoxy) is 2. The zero-order valence-electron chi connectivity index (χ0n) is 15.4. The van der Waals surface area contributed by atoms with Gasteiger partial charge in [0.25, 0.3) is 5.91 Å². The van der Waals surface area contributed by atoms with E-state index in [1.807, 2.05) is 27.7 Å². The molecule has 0 unspecified atom stereocenters. The monoisotopic (exact) mass is 350 g/mol. The lowest BCUT2D eigenvalue weighted by Crippen LogP contribution is -2.44. The van der Waals surface area contributed by atoms with Crippen molar-refractivity contribution in [2.24, 2.45) is 5.16 Å². The van der Waals surface area contributed by atoms with Gasteiger partial charge in [-0.05, 0) is 57.5 Å². The quantitative estimate of drug-likeness (QED) is 0.388. The molecule has 7 nitrogen and oxygen atoms in total. The second kappa shape index (κ2) is 10.3. The number of benzene rings is 1. The zero-order chi connectivity index (χ0) is 18.8. The normalized spacial score (nSPS) is 11.0. The largest absolute Gasteiger partial charge is 0.497 e. The van der Waals surface area contributed by atoms with Crippen molar-refractivity contribution in [1.82, 2.24) is 4.90 Å². The van der Waals surface area contributed by atoms with E-state index in [1.165, 1.54) is 6.21 Å². The minimum Gasteiger partial charge on any atom is -0.497 e. The fourth-order valence-electron chi connectivity index (χ4n) is 2.31. The zero-order valence-corrected chi connectivity index (χ0v) is 15.4. The van der Waals surface area contributed by atoms with Crippen LogP contribution >= 0.6 is 0 Å². The lowest BCUT2D eigenvalue weighted by atomic mass is 10.2. The number of nitrogens with zero attached hydrogens (tertiary/aromatic N) is 2. The maximum atomic E-state index is 12.1. The van der Waals surface area contributed by atoms with E-state index >= 15 is 0 Å². The minimum atomic E-state index is -0.646. The number of hydrogen-bond donors (Lipinski definition) is 0. The van der Waals surface area contributed by atoms with E-state index in [0.29, 0.717) is 0 Å². The Kier molecular flexibility index (Phi) is 8.46. The van der Waals surface area contributed by atoms with Crippen LogP contribution in [0.2, 0.25) is 0 Å². The molecule has 138 valence electrons. The molecule has 0 aromatic heterocycles. The van der Waals surface area contributed by atoms with Gasteiger partial charge in [0.1, 0.15) is 5.75 Å². The van der Waals surface area contributed by atoms with Crippen LogP contribution in [-0.4, -0.2) is 55.4 Å².